The molecule has 4 nitrogen and oxygen atoms in total. The predicted molar refractivity (Wildman–Crippen MR) is 76.8 cm³/mol. The predicted octanol–water partition coefficient (Wildman–Crippen LogP) is 4.56. The molecule has 0 spiro atoms. The van der Waals surface area contributed by atoms with Gasteiger partial charge in [-0.3, -0.25) is 0 Å². The van der Waals surface area contributed by atoms with Crippen molar-refractivity contribution in [1.82, 2.24) is 9.97 Å². The molecule has 3 rings (SSSR count). The largest absolute Gasteiger partial charge is 0.508 e. The molecule has 1 aromatic carbocycles. The van der Waals surface area contributed by atoms with E-state index in [4.69, 9.17) is 27.6 Å². The van der Waals surface area contributed by atoms with Crippen molar-refractivity contribution in [2.24, 2.45) is 0 Å². The van der Waals surface area contributed by atoms with Gasteiger partial charge in [-0.15, -0.1) is 0 Å². The fourth-order valence-corrected chi connectivity index (χ4v) is 2.16. The first-order chi connectivity index (χ1) is 10.0. The van der Waals surface area contributed by atoms with Crippen molar-refractivity contribution in [3.8, 4) is 28.5 Å². The highest BCUT2D eigenvalue weighted by atomic mass is 35.5. The summed E-state index contributed by atoms with van der Waals surface area (Å²) in [6.07, 6.45) is 1.48. The second kappa shape index (κ2) is 5.35. The number of aromatic nitrogens is 2. The monoisotopic (exact) mass is 324 g/mol. The topological polar surface area (TPSA) is 59.2 Å². The number of oxazole rings is 1. The van der Waals surface area contributed by atoms with Gasteiger partial charge in [-0.25, -0.2) is 14.4 Å². The number of halogens is 3. The van der Waals surface area contributed by atoms with Crippen molar-refractivity contribution in [3.63, 3.8) is 0 Å². The molecule has 0 aliphatic heterocycles. The maximum atomic E-state index is 13.5. The Kier molecular flexibility index (Phi) is 3.53. The average Bonchev–Trinajstić information content (AvgIpc) is 2.93. The highest BCUT2D eigenvalue weighted by Crippen LogP contribution is 2.32. The number of hydrogen-bond acceptors (Lipinski definition) is 4. The van der Waals surface area contributed by atoms with E-state index < -0.39 is 5.82 Å². The van der Waals surface area contributed by atoms with Gasteiger partial charge >= 0.3 is 0 Å². The smallest absolute Gasteiger partial charge is 0.229 e. The van der Waals surface area contributed by atoms with Crippen molar-refractivity contribution >= 4 is 23.2 Å². The minimum absolute atomic E-state index is 0.000469. The van der Waals surface area contributed by atoms with Gasteiger partial charge in [0.05, 0.1) is 11.8 Å². The molecule has 7 heteroatoms. The molecule has 0 fully saturated rings. The van der Waals surface area contributed by atoms with Crippen LogP contribution in [0.1, 0.15) is 0 Å². The second-order valence-electron chi connectivity index (χ2n) is 4.18. The van der Waals surface area contributed by atoms with Crippen LogP contribution in [-0.2, 0) is 0 Å². The van der Waals surface area contributed by atoms with E-state index in [1.54, 1.807) is 12.1 Å². The zero-order valence-corrected chi connectivity index (χ0v) is 11.9. The molecule has 0 bridgehead atoms. The number of rotatable bonds is 2. The fraction of sp³-hybridized carbons (Fsp3) is 0. The second-order valence-corrected chi connectivity index (χ2v) is 4.89. The minimum Gasteiger partial charge on any atom is -0.508 e. The standard InChI is InChI=1S/C14H7Cl2FN2O2/c15-12-9(5-10(17)13(16)19-12)14-18-6-11(21-14)7-1-3-8(20)4-2-7/h1-6,20H. The third-order valence-electron chi connectivity index (χ3n) is 2.77. The van der Waals surface area contributed by atoms with Crippen LogP contribution in [0.3, 0.4) is 0 Å². The van der Waals surface area contributed by atoms with Crippen molar-refractivity contribution in [1.29, 1.82) is 0 Å². The summed E-state index contributed by atoms with van der Waals surface area (Å²) in [5.74, 6) is 0.0218. The van der Waals surface area contributed by atoms with Gasteiger partial charge in [0.2, 0.25) is 5.89 Å². The molecule has 0 aliphatic rings. The first-order valence-electron chi connectivity index (χ1n) is 5.82. The first-order valence-corrected chi connectivity index (χ1v) is 6.57. The van der Waals surface area contributed by atoms with E-state index >= 15 is 0 Å². The van der Waals surface area contributed by atoms with Gasteiger partial charge < -0.3 is 9.52 Å². The molecule has 0 saturated heterocycles. The molecule has 1 N–H and O–H groups in total. The SMILES string of the molecule is Oc1ccc(-c2cnc(-c3cc(F)c(Cl)nc3Cl)o2)cc1. The highest BCUT2D eigenvalue weighted by molar-refractivity contribution is 6.34. The lowest BCUT2D eigenvalue weighted by molar-refractivity contribution is 0.475. The summed E-state index contributed by atoms with van der Waals surface area (Å²) in [5, 5.41) is 8.94. The van der Waals surface area contributed by atoms with E-state index in [0.717, 1.165) is 6.07 Å². The molecule has 3 aromatic rings. The zero-order chi connectivity index (χ0) is 15.0. The summed E-state index contributed by atoms with van der Waals surface area (Å²) in [5.41, 5.74) is 0.925. The lowest BCUT2D eigenvalue weighted by Crippen LogP contribution is -1.88. The molecule has 2 aromatic heterocycles. The Labute approximate surface area is 128 Å². The van der Waals surface area contributed by atoms with Gasteiger partial charge in [-0.2, -0.15) is 0 Å². The minimum atomic E-state index is -0.708. The maximum Gasteiger partial charge on any atom is 0.229 e. The van der Waals surface area contributed by atoms with Crippen LogP contribution < -0.4 is 0 Å². The van der Waals surface area contributed by atoms with Crippen molar-refractivity contribution in [2.45, 2.75) is 0 Å². The van der Waals surface area contributed by atoms with Crippen LogP contribution in [-0.4, -0.2) is 15.1 Å². The van der Waals surface area contributed by atoms with Crippen molar-refractivity contribution < 1.29 is 13.9 Å². The Morgan fingerprint density at radius 2 is 1.81 bits per heavy atom. The van der Waals surface area contributed by atoms with Gasteiger partial charge in [-0.1, -0.05) is 23.2 Å². The Bertz CT molecular complexity index is 803. The number of pyridine rings is 1. The van der Waals surface area contributed by atoms with Crippen LogP contribution in [0.25, 0.3) is 22.8 Å². The molecule has 106 valence electrons. The summed E-state index contributed by atoms with van der Waals surface area (Å²) in [6.45, 7) is 0. The molecular formula is C14H7Cl2FN2O2. The Morgan fingerprint density at radius 3 is 2.52 bits per heavy atom. The molecule has 0 saturated carbocycles. The molecule has 0 atom stereocenters. The van der Waals surface area contributed by atoms with Gasteiger partial charge in [0.15, 0.2) is 16.7 Å². The lowest BCUT2D eigenvalue weighted by Gasteiger charge is -2.01. The fourth-order valence-electron chi connectivity index (χ4n) is 1.75. The van der Waals surface area contributed by atoms with E-state index in [0.29, 0.717) is 11.3 Å². The number of nitrogens with zero attached hydrogens (tertiary/aromatic N) is 2. The summed E-state index contributed by atoms with van der Waals surface area (Å²) >= 11 is 11.5. The molecule has 0 amide bonds. The third kappa shape index (κ3) is 2.70. The van der Waals surface area contributed by atoms with E-state index in [2.05, 4.69) is 9.97 Å². The first kappa shape index (κ1) is 13.9. The normalized spacial score (nSPS) is 10.8. The molecule has 0 radical (unpaired) electrons. The summed E-state index contributed by atoms with van der Waals surface area (Å²) in [6, 6.07) is 7.50. The third-order valence-corrected chi connectivity index (χ3v) is 3.33. The molecule has 0 aliphatic carbocycles. The van der Waals surface area contributed by atoms with Crippen LogP contribution in [0, 0.1) is 5.82 Å². The summed E-state index contributed by atoms with van der Waals surface area (Å²) in [4.78, 5) is 7.72. The number of phenolic OH excluding ortho intramolecular Hbond substituents is 1. The summed E-state index contributed by atoms with van der Waals surface area (Å²) < 4.78 is 19.0. The van der Waals surface area contributed by atoms with Crippen LogP contribution in [0.2, 0.25) is 10.3 Å². The Hall–Kier alpha value is -2.11. The average molecular weight is 325 g/mol. The molecule has 21 heavy (non-hydrogen) atoms. The highest BCUT2D eigenvalue weighted by Gasteiger charge is 2.16. The van der Waals surface area contributed by atoms with Gasteiger partial charge in [0.1, 0.15) is 10.9 Å². The molecule has 0 unspecified atom stereocenters. The van der Waals surface area contributed by atoms with E-state index in [1.807, 2.05) is 0 Å². The van der Waals surface area contributed by atoms with Crippen LogP contribution >= 0.6 is 23.2 Å². The van der Waals surface area contributed by atoms with Crippen LogP contribution in [0.5, 0.6) is 5.75 Å². The van der Waals surface area contributed by atoms with E-state index in [-0.39, 0.29) is 27.5 Å². The van der Waals surface area contributed by atoms with Gasteiger partial charge in [0, 0.05) is 5.56 Å². The summed E-state index contributed by atoms with van der Waals surface area (Å²) in [7, 11) is 0. The van der Waals surface area contributed by atoms with E-state index in [1.165, 1.54) is 18.3 Å². The lowest BCUT2D eigenvalue weighted by atomic mass is 10.2. The van der Waals surface area contributed by atoms with E-state index in [9.17, 15) is 9.50 Å². The number of aromatic hydroxyl groups is 1. The quantitative estimate of drug-likeness (QED) is 0.702. The number of hydrogen-bond donors (Lipinski definition) is 1. The molecular weight excluding hydrogens is 318 g/mol. The van der Waals surface area contributed by atoms with Crippen molar-refractivity contribution in [2.75, 3.05) is 0 Å². The van der Waals surface area contributed by atoms with Gasteiger partial charge in [-0.05, 0) is 30.3 Å². The Balaban J connectivity index is 2.02. The maximum absolute atomic E-state index is 13.5. The number of phenols is 1. The Morgan fingerprint density at radius 1 is 1.10 bits per heavy atom. The van der Waals surface area contributed by atoms with Crippen molar-refractivity contribution in [3.05, 3.63) is 52.7 Å². The zero-order valence-electron chi connectivity index (χ0n) is 10.3. The molecule has 2 heterocycles. The van der Waals surface area contributed by atoms with Gasteiger partial charge in [0.25, 0.3) is 0 Å². The number of benzene rings is 1. The van der Waals surface area contributed by atoms with Crippen LogP contribution in [0.4, 0.5) is 4.39 Å². The van der Waals surface area contributed by atoms with Crippen LogP contribution in [0.15, 0.2) is 40.9 Å².